The van der Waals surface area contributed by atoms with E-state index in [1.807, 2.05) is 17.0 Å². The third-order valence-electron chi connectivity index (χ3n) is 3.60. The Kier molecular flexibility index (Phi) is 5.56. The second-order valence-corrected chi connectivity index (χ2v) is 5.19. The lowest BCUT2D eigenvalue weighted by atomic mass is 10.1. The van der Waals surface area contributed by atoms with E-state index in [4.69, 9.17) is 4.74 Å². The molecule has 0 aliphatic carbocycles. The van der Waals surface area contributed by atoms with Crippen LogP contribution in [0.1, 0.15) is 37.1 Å². The van der Waals surface area contributed by atoms with Crippen LogP contribution < -0.4 is 5.32 Å². The Labute approximate surface area is 121 Å². The van der Waals surface area contributed by atoms with Gasteiger partial charge < -0.3 is 9.64 Å². The fourth-order valence-corrected chi connectivity index (χ4v) is 2.55. The zero-order valence-corrected chi connectivity index (χ0v) is 12.4. The smallest absolute Gasteiger partial charge is 0.238 e. The average molecular weight is 276 g/mol. The molecule has 4 heteroatoms. The van der Waals surface area contributed by atoms with Crippen molar-refractivity contribution < 1.29 is 9.53 Å². The molecule has 1 aliphatic rings. The Hall–Kier alpha value is -1.39. The van der Waals surface area contributed by atoms with Gasteiger partial charge in [-0.1, -0.05) is 31.2 Å². The SMILES string of the molecule is CCCOCCCN1C(=O)CNC1c1ccccc1C. The Bertz CT molecular complexity index is 448. The number of hydrogen-bond acceptors (Lipinski definition) is 3. The van der Waals surface area contributed by atoms with E-state index in [1.54, 1.807) is 0 Å². The molecule has 0 spiro atoms. The summed E-state index contributed by atoms with van der Waals surface area (Å²) in [4.78, 5) is 13.9. The standard InChI is InChI=1S/C16H24N2O2/c1-3-10-20-11-6-9-18-15(19)12-17-16(18)14-8-5-4-7-13(14)2/h4-5,7-8,16-17H,3,6,9-12H2,1-2H3. The molecule has 4 nitrogen and oxygen atoms in total. The highest BCUT2D eigenvalue weighted by atomic mass is 16.5. The minimum absolute atomic E-state index is 0.00914. The van der Waals surface area contributed by atoms with E-state index >= 15 is 0 Å². The lowest BCUT2D eigenvalue weighted by Gasteiger charge is -2.25. The first kappa shape index (κ1) is 15.0. The Balaban J connectivity index is 1.95. The van der Waals surface area contributed by atoms with Gasteiger partial charge in [-0.05, 0) is 30.9 Å². The van der Waals surface area contributed by atoms with E-state index in [0.717, 1.165) is 32.6 Å². The molecule has 2 rings (SSSR count). The van der Waals surface area contributed by atoms with Crippen LogP contribution in [0.3, 0.4) is 0 Å². The largest absolute Gasteiger partial charge is 0.381 e. The van der Waals surface area contributed by atoms with Gasteiger partial charge in [0.05, 0.1) is 6.54 Å². The summed E-state index contributed by atoms with van der Waals surface area (Å²) in [5.74, 6) is 0.175. The normalized spacial score (nSPS) is 18.8. The van der Waals surface area contributed by atoms with Crippen molar-refractivity contribution in [2.24, 2.45) is 0 Å². The maximum Gasteiger partial charge on any atom is 0.238 e. The molecule has 1 amide bonds. The van der Waals surface area contributed by atoms with Crippen molar-refractivity contribution in [2.45, 2.75) is 32.9 Å². The van der Waals surface area contributed by atoms with Crippen LogP contribution in [-0.2, 0) is 9.53 Å². The monoisotopic (exact) mass is 276 g/mol. The van der Waals surface area contributed by atoms with Crippen molar-refractivity contribution in [2.75, 3.05) is 26.3 Å². The van der Waals surface area contributed by atoms with Crippen LogP contribution in [0.15, 0.2) is 24.3 Å². The summed E-state index contributed by atoms with van der Waals surface area (Å²) in [6.07, 6.45) is 1.93. The first-order chi connectivity index (χ1) is 9.74. The van der Waals surface area contributed by atoms with Gasteiger partial charge >= 0.3 is 0 Å². The molecule has 0 radical (unpaired) electrons. The van der Waals surface area contributed by atoms with Crippen LogP contribution in [-0.4, -0.2) is 37.1 Å². The first-order valence-electron chi connectivity index (χ1n) is 7.40. The summed E-state index contributed by atoms with van der Waals surface area (Å²) in [7, 11) is 0. The summed E-state index contributed by atoms with van der Waals surface area (Å²) in [6, 6.07) is 8.22. The van der Waals surface area contributed by atoms with Crippen molar-refractivity contribution in [1.82, 2.24) is 10.2 Å². The Morgan fingerprint density at radius 1 is 1.35 bits per heavy atom. The second-order valence-electron chi connectivity index (χ2n) is 5.19. The molecule has 1 unspecified atom stereocenters. The van der Waals surface area contributed by atoms with Crippen LogP contribution in [0.2, 0.25) is 0 Å². The first-order valence-corrected chi connectivity index (χ1v) is 7.40. The summed E-state index contributed by atoms with van der Waals surface area (Å²) in [5.41, 5.74) is 2.40. The van der Waals surface area contributed by atoms with E-state index in [-0.39, 0.29) is 12.1 Å². The van der Waals surface area contributed by atoms with E-state index in [1.165, 1.54) is 11.1 Å². The molecule has 1 heterocycles. The van der Waals surface area contributed by atoms with Gasteiger partial charge in [0.25, 0.3) is 0 Å². The van der Waals surface area contributed by atoms with Gasteiger partial charge in [0, 0.05) is 19.8 Å². The molecule has 110 valence electrons. The molecule has 1 atom stereocenters. The molecule has 1 aromatic rings. The molecule has 0 saturated carbocycles. The molecule has 1 aromatic carbocycles. The maximum atomic E-state index is 12.0. The summed E-state index contributed by atoms with van der Waals surface area (Å²) in [5, 5.41) is 3.30. The molecule has 1 saturated heterocycles. The molecular weight excluding hydrogens is 252 g/mol. The van der Waals surface area contributed by atoms with E-state index in [2.05, 4.69) is 31.3 Å². The molecule has 1 aliphatic heterocycles. The number of nitrogens with zero attached hydrogens (tertiary/aromatic N) is 1. The highest BCUT2D eigenvalue weighted by Crippen LogP contribution is 2.25. The number of nitrogens with one attached hydrogen (secondary N) is 1. The van der Waals surface area contributed by atoms with Gasteiger partial charge in [-0.25, -0.2) is 0 Å². The fraction of sp³-hybridized carbons (Fsp3) is 0.562. The lowest BCUT2D eigenvalue weighted by molar-refractivity contribution is -0.128. The highest BCUT2D eigenvalue weighted by molar-refractivity contribution is 5.81. The second kappa shape index (κ2) is 7.41. The van der Waals surface area contributed by atoms with E-state index < -0.39 is 0 Å². The van der Waals surface area contributed by atoms with Gasteiger partial charge in [0.2, 0.25) is 5.91 Å². The maximum absolute atomic E-state index is 12.0. The third-order valence-corrected chi connectivity index (χ3v) is 3.60. The molecule has 0 aromatic heterocycles. The minimum Gasteiger partial charge on any atom is -0.381 e. The number of rotatable bonds is 7. The quantitative estimate of drug-likeness (QED) is 0.777. The predicted octanol–water partition coefficient (Wildman–Crippen LogP) is 2.24. The predicted molar refractivity (Wildman–Crippen MR) is 79.4 cm³/mol. The van der Waals surface area contributed by atoms with Crippen molar-refractivity contribution in [3.8, 4) is 0 Å². The number of benzene rings is 1. The number of amides is 1. The number of carbonyl (C=O) groups is 1. The van der Waals surface area contributed by atoms with E-state index in [0.29, 0.717) is 6.54 Å². The lowest BCUT2D eigenvalue weighted by Crippen LogP contribution is -2.32. The number of hydrogen-bond donors (Lipinski definition) is 1. The van der Waals surface area contributed by atoms with Crippen molar-refractivity contribution in [1.29, 1.82) is 0 Å². The zero-order chi connectivity index (χ0) is 14.4. The fourth-order valence-electron chi connectivity index (χ4n) is 2.55. The minimum atomic E-state index is 0.00914. The molecule has 1 fully saturated rings. The molecule has 20 heavy (non-hydrogen) atoms. The third kappa shape index (κ3) is 3.58. The van der Waals surface area contributed by atoms with E-state index in [9.17, 15) is 4.79 Å². The van der Waals surface area contributed by atoms with Crippen molar-refractivity contribution in [3.05, 3.63) is 35.4 Å². The van der Waals surface area contributed by atoms with Crippen LogP contribution in [0.5, 0.6) is 0 Å². The zero-order valence-electron chi connectivity index (χ0n) is 12.4. The van der Waals surface area contributed by atoms with Gasteiger partial charge in [-0.2, -0.15) is 0 Å². The Morgan fingerprint density at radius 2 is 2.15 bits per heavy atom. The van der Waals surface area contributed by atoms with Crippen LogP contribution in [0, 0.1) is 6.92 Å². The number of aryl methyl sites for hydroxylation is 1. The van der Waals surface area contributed by atoms with Crippen LogP contribution in [0.25, 0.3) is 0 Å². The van der Waals surface area contributed by atoms with Crippen molar-refractivity contribution in [3.63, 3.8) is 0 Å². The number of carbonyl (C=O) groups excluding carboxylic acids is 1. The highest BCUT2D eigenvalue weighted by Gasteiger charge is 2.31. The summed E-state index contributed by atoms with van der Waals surface area (Å²) in [6.45, 7) is 6.87. The number of ether oxygens (including phenoxy) is 1. The van der Waals surface area contributed by atoms with Gasteiger partial charge in [-0.3, -0.25) is 10.1 Å². The van der Waals surface area contributed by atoms with Crippen molar-refractivity contribution >= 4 is 5.91 Å². The van der Waals surface area contributed by atoms with Gasteiger partial charge in [-0.15, -0.1) is 0 Å². The van der Waals surface area contributed by atoms with Crippen LogP contribution in [0.4, 0.5) is 0 Å². The molecule has 0 bridgehead atoms. The molecule has 1 N–H and O–H groups in total. The topological polar surface area (TPSA) is 41.6 Å². The van der Waals surface area contributed by atoms with Crippen LogP contribution >= 0.6 is 0 Å². The summed E-state index contributed by atoms with van der Waals surface area (Å²) < 4.78 is 5.48. The molecular formula is C16H24N2O2. The Morgan fingerprint density at radius 3 is 2.90 bits per heavy atom. The summed E-state index contributed by atoms with van der Waals surface area (Å²) >= 11 is 0. The van der Waals surface area contributed by atoms with Gasteiger partial charge in [0.1, 0.15) is 6.17 Å². The van der Waals surface area contributed by atoms with Gasteiger partial charge in [0.15, 0.2) is 0 Å². The average Bonchev–Trinajstić information content (AvgIpc) is 2.81.